The number of aromatic nitrogens is 1. The normalized spacial score (nSPS) is 17.4. The van der Waals surface area contributed by atoms with E-state index in [9.17, 15) is 0 Å². The van der Waals surface area contributed by atoms with Gasteiger partial charge in [0.1, 0.15) is 11.6 Å². The summed E-state index contributed by atoms with van der Waals surface area (Å²) in [6, 6.07) is 4.42. The van der Waals surface area contributed by atoms with Crippen LogP contribution in [-0.4, -0.2) is 18.1 Å². The number of nitrogens with zero attached hydrogens (tertiary/aromatic N) is 1. The Labute approximate surface area is 90.9 Å². The molecule has 15 heavy (non-hydrogen) atoms. The molecule has 1 heterocycles. The quantitative estimate of drug-likeness (QED) is 0.825. The summed E-state index contributed by atoms with van der Waals surface area (Å²) < 4.78 is 5.16. The minimum Gasteiger partial charge on any atom is -0.497 e. The molecule has 1 aliphatic carbocycles. The molecule has 0 radical (unpaired) electrons. The van der Waals surface area contributed by atoms with Crippen molar-refractivity contribution in [1.29, 1.82) is 0 Å². The number of ether oxygens (including phenoxy) is 1. The molecule has 82 valence electrons. The van der Waals surface area contributed by atoms with Crippen molar-refractivity contribution in [3.63, 3.8) is 0 Å². The Bertz CT molecular complexity index is 308. The van der Waals surface area contributed by atoms with Crippen molar-refractivity contribution in [2.45, 2.75) is 38.1 Å². The SMILES string of the molecule is COc1ccnc(NC2CCCCC2)c1. The Balaban J connectivity index is 1.96. The van der Waals surface area contributed by atoms with E-state index in [0.29, 0.717) is 6.04 Å². The van der Waals surface area contributed by atoms with Crippen LogP contribution in [0, 0.1) is 0 Å². The first-order chi connectivity index (χ1) is 7.38. The van der Waals surface area contributed by atoms with Crippen molar-refractivity contribution in [2.75, 3.05) is 12.4 Å². The first-order valence-electron chi connectivity index (χ1n) is 5.65. The maximum atomic E-state index is 5.16. The number of anilines is 1. The number of rotatable bonds is 3. The molecule has 1 aromatic heterocycles. The summed E-state index contributed by atoms with van der Waals surface area (Å²) in [4.78, 5) is 4.29. The molecule has 0 aliphatic heterocycles. The van der Waals surface area contributed by atoms with Gasteiger partial charge in [-0.15, -0.1) is 0 Å². The third-order valence-corrected chi connectivity index (χ3v) is 2.92. The monoisotopic (exact) mass is 206 g/mol. The molecule has 3 nitrogen and oxygen atoms in total. The number of pyridine rings is 1. The van der Waals surface area contributed by atoms with Crippen molar-refractivity contribution < 1.29 is 4.74 Å². The predicted molar refractivity (Wildman–Crippen MR) is 61.3 cm³/mol. The van der Waals surface area contributed by atoms with E-state index in [1.54, 1.807) is 13.3 Å². The maximum Gasteiger partial charge on any atom is 0.129 e. The Morgan fingerprint density at radius 1 is 1.33 bits per heavy atom. The molecule has 1 N–H and O–H groups in total. The van der Waals surface area contributed by atoms with Crippen molar-refractivity contribution in [1.82, 2.24) is 4.98 Å². The Kier molecular flexibility index (Phi) is 3.43. The molecule has 0 bridgehead atoms. The highest BCUT2D eigenvalue weighted by atomic mass is 16.5. The van der Waals surface area contributed by atoms with Crippen LogP contribution in [0.4, 0.5) is 5.82 Å². The van der Waals surface area contributed by atoms with Gasteiger partial charge in [0.25, 0.3) is 0 Å². The second-order valence-electron chi connectivity index (χ2n) is 4.06. The minimum atomic E-state index is 0.596. The van der Waals surface area contributed by atoms with Crippen molar-refractivity contribution in [2.24, 2.45) is 0 Å². The fourth-order valence-corrected chi connectivity index (χ4v) is 2.07. The molecule has 0 unspecified atom stereocenters. The molecular formula is C12H18N2O. The molecule has 0 aromatic carbocycles. The lowest BCUT2D eigenvalue weighted by atomic mass is 9.95. The number of methoxy groups -OCH3 is 1. The van der Waals surface area contributed by atoms with Gasteiger partial charge in [-0.2, -0.15) is 0 Å². The third-order valence-electron chi connectivity index (χ3n) is 2.92. The van der Waals surface area contributed by atoms with Crippen LogP contribution < -0.4 is 10.1 Å². The molecule has 1 aliphatic rings. The molecule has 2 rings (SSSR count). The zero-order chi connectivity index (χ0) is 10.5. The van der Waals surface area contributed by atoms with E-state index < -0.39 is 0 Å². The van der Waals surface area contributed by atoms with Gasteiger partial charge in [0.05, 0.1) is 7.11 Å². The highest BCUT2D eigenvalue weighted by Crippen LogP contribution is 2.22. The Morgan fingerprint density at radius 3 is 2.87 bits per heavy atom. The van der Waals surface area contributed by atoms with Gasteiger partial charge in [0, 0.05) is 18.3 Å². The summed E-state index contributed by atoms with van der Waals surface area (Å²) >= 11 is 0. The van der Waals surface area contributed by atoms with Crippen LogP contribution in [0.3, 0.4) is 0 Å². The van der Waals surface area contributed by atoms with Crippen molar-refractivity contribution in [3.8, 4) is 5.75 Å². The van der Waals surface area contributed by atoms with E-state index in [1.165, 1.54) is 32.1 Å². The van der Waals surface area contributed by atoms with Crippen LogP contribution in [-0.2, 0) is 0 Å². The summed E-state index contributed by atoms with van der Waals surface area (Å²) in [5.74, 6) is 1.80. The highest BCUT2D eigenvalue weighted by Gasteiger charge is 2.13. The number of hydrogen-bond acceptors (Lipinski definition) is 3. The van der Waals surface area contributed by atoms with Crippen molar-refractivity contribution in [3.05, 3.63) is 18.3 Å². The van der Waals surface area contributed by atoms with Crippen LogP contribution >= 0.6 is 0 Å². The Hall–Kier alpha value is -1.25. The van der Waals surface area contributed by atoms with Crippen LogP contribution in [0.1, 0.15) is 32.1 Å². The first-order valence-corrected chi connectivity index (χ1v) is 5.65. The largest absolute Gasteiger partial charge is 0.497 e. The van der Waals surface area contributed by atoms with E-state index in [0.717, 1.165) is 11.6 Å². The van der Waals surface area contributed by atoms with Gasteiger partial charge in [0.15, 0.2) is 0 Å². The average molecular weight is 206 g/mol. The zero-order valence-electron chi connectivity index (χ0n) is 9.20. The lowest BCUT2D eigenvalue weighted by Crippen LogP contribution is -2.22. The van der Waals surface area contributed by atoms with E-state index >= 15 is 0 Å². The van der Waals surface area contributed by atoms with Crippen LogP contribution in [0.2, 0.25) is 0 Å². The van der Waals surface area contributed by atoms with Gasteiger partial charge in [-0.25, -0.2) is 4.98 Å². The standard InChI is InChI=1S/C12H18N2O/c1-15-11-7-8-13-12(9-11)14-10-5-3-2-4-6-10/h7-10H,2-6H2,1H3,(H,13,14). The van der Waals surface area contributed by atoms with Gasteiger partial charge in [0.2, 0.25) is 0 Å². The lowest BCUT2D eigenvalue weighted by molar-refractivity contribution is 0.414. The fourth-order valence-electron chi connectivity index (χ4n) is 2.07. The van der Waals surface area contributed by atoms with E-state index in [4.69, 9.17) is 4.74 Å². The molecule has 1 fully saturated rings. The Morgan fingerprint density at radius 2 is 2.13 bits per heavy atom. The average Bonchev–Trinajstić information content (AvgIpc) is 2.31. The molecular weight excluding hydrogens is 188 g/mol. The van der Waals surface area contributed by atoms with E-state index in [1.807, 2.05) is 12.1 Å². The third kappa shape index (κ3) is 2.85. The van der Waals surface area contributed by atoms with Crippen LogP contribution in [0.15, 0.2) is 18.3 Å². The lowest BCUT2D eigenvalue weighted by Gasteiger charge is -2.23. The minimum absolute atomic E-state index is 0.596. The summed E-state index contributed by atoms with van der Waals surface area (Å²) in [7, 11) is 1.68. The highest BCUT2D eigenvalue weighted by molar-refractivity contribution is 5.41. The molecule has 1 saturated carbocycles. The molecule has 0 spiro atoms. The molecule has 0 atom stereocenters. The van der Waals surface area contributed by atoms with E-state index in [-0.39, 0.29) is 0 Å². The summed E-state index contributed by atoms with van der Waals surface area (Å²) in [5, 5.41) is 3.46. The van der Waals surface area contributed by atoms with Gasteiger partial charge in [-0.3, -0.25) is 0 Å². The zero-order valence-corrected chi connectivity index (χ0v) is 9.20. The number of nitrogens with one attached hydrogen (secondary N) is 1. The van der Waals surface area contributed by atoms with Gasteiger partial charge in [-0.05, 0) is 18.9 Å². The van der Waals surface area contributed by atoms with Crippen molar-refractivity contribution >= 4 is 5.82 Å². The summed E-state index contributed by atoms with van der Waals surface area (Å²) in [6.07, 6.45) is 8.36. The first kappa shape index (κ1) is 10.3. The molecule has 0 amide bonds. The fraction of sp³-hybridized carbons (Fsp3) is 0.583. The van der Waals surface area contributed by atoms with Crippen LogP contribution in [0.25, 0.3) is 0 Å². The molecule has 0 saturated heterocycles. The summed E-state index contributed by atoms with van der Waals surface area (Å²) in [6.45, 7) is 0. The second-order valence-corrected chi connectivity index (χ2v) is 4.06. The maximum absolute atomic E-state index is 5.16. The van der Waals surface area contributed by atoms with Gasteiger partial charge >= 0.3 is 0 Å². The summed E-state index contributed by atoms with van der Waals surface area (Å²) in [5.41, 5.74) is 0. The molecule has 3 heteroatoms. The predicted octanol–water partition coefficient (Wildman–Crippen LogP) is 2.83. The van der Waals surface area contributed by atoms with Gasteiger partial charge in [-0.1, -0.05) is 19.3 Å². The number of hydrogen-bond donors (Lipinski definition) is 1. The topological polar surface area (TPSA) is 34.1 Å². The van der Waals surface area contributed by atoms with E-state index in [2.05, 4.69) is 10.3 Å². The smallest absolute Gasteiger partial charge is 0.129 e. The van der Waals surface area contributed by atoms with Crippen LogP contribution in [0.5, 0.6) is 5.75 Å². The molecule has 1 aromatic rings. The second kappa shape index (κ2) is 5.01. The van der Waals surface area contributed by atoms with Gasteiger partial charge < -0.3 is 10.1 Å².